The molecule has 152 valence electrons. The van der Waals surface area contributed by atoms with Crippen LogP contribution in [0.3, 0.4) is 0 Å². The summed E-state index contributed by atoms with van der Waals surface area (Å²) in [7, 11) is 0. The molecule has 1 aromatic heterocycles. The Hall–Kier alpha value is -2.87. The lowest BCUT2D eigenvalue weighted by Gasteiger charge is -2.10. The molecule has 0 saturated heterocycles. The number of ether oxygens (including phenoxy) is 2. The Kier molecular flexibility index (Phi) is 6.87. The number of hydrogen-bond donors (Lipinski definition) is 0. The molecule has 0 aliphatic heterocycles. The highest BCUT2D eigenvalue weighted by atomic mass is 32.2. The summed E-state index contributed by atoms with van der Waals surface area (Å²) in [5.41, 5.74) is 2.94. The van der Waals surface area contributed by atoms with Gasteiger partial charge in [0.05, 0.1) is 24.2 Å². The molecule has 0 amide bonds. The Labute approximate surface area is 173 Å². The van der Waals surface area contributed by atoms with Crippen LogP contribution in [0.4, 0.5) is 4.39 Å². The highest BCUT2D eigenvalue weighted by molar-refractivity contribution is 7.98. The van der Waals surface area contributed by atoms with Gasteiger partial charge in [-0.25, -0.2) is 13.9 Å². The van der Waals surface area contributed by atoms with E-state index in [1.54, 1.807) is 42.6 Å². The van der Waals surface area contributed by atoms with Crippen molar-refractivity contribution in [2.75, 3.05) is 13.2 Å². The normalized spacial score (nSPS) is 10.8. The van der Waals surface area contributed by atoms with Gasteiger partial charge in [-0.3, -0.25) is 0 Å². The monoisotopic (exact) mass is 415 g/mol. The number of aromatic nitrogens is 3. The van der Waals surface area contributed by atoms with Crippen LogP contribution in [0.2, 0.25) is 0 Å². The van der Waals surface area contributed by atoms with Crippen molar-refractivity contribution in [2.45, 2.75) is 31.4 Å². The van der Waals surface area contributed by atoms with Gasteiger partial charge in [0.15, 0.2) is 6.61 Å². The van der Waals surface area contributed by atoms with Gasteiger partial charge in [-0.2, -0.15) is 0 Å². The standard InChI is InChI=1S/C21H22FN3O3S/c1-4-27-21(26)12-28-20-8-7-18(9-15(20)3)29-13-16-11-25(24-23-16)17-6-5-14(2)19(22)10-17/h5-11H,4,12-13H2,1-3H3. The van der Waals surface area contributed by atoms with Gasteiger partial charge in [-0.05, 0) is 62.2 Å². The van der Waals surface area contributed by atoms with Crippen molar-refractivity contribution >= 4 is 17.7 Å². The summed E-state index contributed by atoms with van der Waals surface area (Å²) in [6.07, 6.45) is 1.79. The summed E-state index contributed by atoms with van der Waals surface area (Å²) >= 11 is 1.61. The number of benzene rings is 2. The van der Waals surface area contributed by atoms with Crippen molar-refractivity contribution in [3.63, 3.8) is 0 Å². The Morgan fingerprint density at radius 2 is 2.00 bits per heavy atom. The first kappa shape index (κ1) is 20.9. The molecule has 3 rings (SSSR count). The van der Waals surface area contributed by atoms with Crippen LogP contribution in [-0.4, -0.2) is 34.2 Å². The fourth-order valence-electron chi connectivity index (χ4n) is 2.59. The van der Waals surface area contributed by atoms with Gasteiger partial charge in [-0.15, -0.1) is 16.9 Å². The van der Waals surface area contributed by atoms with E-state index in [-0.39, 0.29) is 18.4 Å². The van der Waals surface area contributed by atoms with E-state index in [1.807, 2.05) is 31.2 Å². The minimum absolute atomic E-state index is 0.107. The van der Waals surface area contributed by atoms with E-state index in [1.165, 1.54) is 6.07 Å². The molecule has 0 fully saturated rings. The van der Waals surface area contributed by atoms with Crippen molar-refractivity contribution < 1.29 is 18.7 Å². The molecule has 8 heteroatoms. The van der Waals surface area contributed by atoms with Crippen LogP contribution in [-0.2, 0) is 15.3 Å². The molecule has 0 atom stereocenters. The molecule has 0 saturated carbocycles. The summed E-state index contributed by atoms with van der Waals surface area (Å²) in [5, 5.41) is 8.24. The first-order chi connectivity index (χ1) is 14.0. The highest BCUT2D eigenvalue weighted by Gasteiger charge is 2.09. The molecule has 0 aliphatic rings. The van der Waals surface area contributed by atoms with Gasteiger partial charge in [0.25, 0.3) is 0 Å². The third-order valence-corrected chi connectivity index (χ3v) is 5.17. The van der Waals surface area contributed by atoms with Crippen LogP contribution in [0.5, 0.6) is 5.75 Å². The zero-order valence-electron chi connectivity index (χ0n) is 16.5. The maximum absolute atomic E-state index is 13.7. The summed E-state index contributed by atoms with van der Waals surface area (Å²) in [4.78, 5) is 12.5. The molecule has 0 N–H and O–H groups in total. The van der Waals surface area contributed by atoms with Crippen molar-refractivity contribution in [3.8, 4) is 11.4 Å². The number of nitrogens with zero attached hydrogens (tertiary/aromatic N) is 3. The average Bonchev–Trinajstić information content (AvgIpc) is 3.17. The first-order valence-corrected chi connectivity index (χ1v) is 10.1. The molecule has 29 heavy (non-hydrogen) atoms. The number of aryl methyl sites for hydroxylation is 2. The van der Waals surface area contributed by atoms with Gasteiger partial charge in [0.2, 0.25) is 0 Å². The summed E-state index contributed by atoms with van der Waals surface area (Å²) in [5.74, 6) is 0.614. The van der Waals surface area contributed by atoms with Crippen molar-refractivity contribution in [1.82, 2.24) is 15.0 Å². The van der Waals surface area contributed by atoms with E-state index in [0.29, 0.717) is 29.4 Å². The molecular weight excluding hydrogens is 393 g/mol. The molecule has 2 aromatic carbocycles. The topological polar surface area (TPSA) is 66.2 Å². The third-order valence-electron chi connectivity index (χ3n) is 4.14. The van der Waals surface area contributed by atoms with Crippen molar-refractivity contribution in [3.05, 3.63) is 65.2 Å². The number of hydrogen-bond acceptors (Lipinski definition) is 6. The Balaban J connectivity index is 1.59. The summed E-state index contributed by atoms with van der Waals surface area (Å²) in [6, 6.07) is 10.7. The van der Waals surface area contributed by atoms with Crippen molar-refractivity contribution in [1.29, 1.82) is 0 Å². The van der Waals surface area contributed by atoms with Crippen LogP contribution in [0.15, 0.2) is 47.5 Å². The van der Waals surface area contributed by atoms with Crippen LogP contribution in [0, 0.1) is 19.7 Å². The van der Waals surface area contributed by atoms with E-state index >= 15 is 0 Å². The molecule has 0 spiro atoms. The zero-order chi connectivity index (χ0) is 20.8. The number of thioether (sulfide) groups is 1. The van der Waals surface area contributed by atoms with E-state index < -0.39 is 0 Å². The number of rotatable bonds is 8. The van der Waals surface area contributed by atoms with E-state index in [9.17, 15) is 9.18 Å². The zero-order valence-corrected chi connectivity index (χ0v) is 17.3. The predicted octanol–water partition coefficient (Wildman–Crippen LogP) is 4.26. The smallest absolute Gasteiger partial charge is 0.344 e. The SMILES string of the molecule is CCOC(=O)COc1ccc(SCc2cn(-c3ccc(C)c(F)c3)nn2)cc1C. The van der Waals surface area contributed by atoms with Crippen molar-refractivity contribution in [2.24, 2.45) is 0 Å². The molecule has 0 aliphatic carbocycles. The Bertz CT molecular complexity index is 1010. The number of halogens is 1. The lowest BCUT2D eigenvalue weighted by molar-refractivity contribution is -0.145. The average molecular weight is 415 g/mol. The maximum atomic E-state index is 13.7. The molecule has 3 aromatic rings. The van der Waals surface area contributed by atoms with Gasteiger partial charge >= 0.3 is 5.97 Å². The van der Waals surface area contributed by atoms with Gasteiger partial charge in [0, 0.05) is 10.6 Å². The van der Waals surface area contributed by atoms with Crippen LogP contribution < -0.4 is 4.74 Å². The van der Waals surface area contributed by atoms with E-state index in [4.69, 9.17) is 9.47 Å². The summed E-state index contributed by atoms with van der Waals surface area (Å²) in [6.45, 7) is 5.63. The Morgan fingerprint density at radius 3 is 2.72 bits per heavy atom. The fourth-order valence-corrected chi connectivity index (χ4v) is 3.46. The first-order valence-electron chi connectivity index (χ1n) is 9.16. The van der Waals surface area contributed by atoms with Crippen LogP contribution >= 0.6 is 11.8 Å². The second-order valence-corrected chi connectivity index (χ2v) is 7.45. The largest absolute Gasteiger partial charge is 0.482 e. The lowest BCUT2D eigenvalue weighted by atomic mass is 10.2. The van der Waals surface area contributed by atoms with Gasteiger partial charge in [0.1, 0.15) is 11.6 Å². The minimum atomic E-state index is -0.387. The lowest BCUT2D eigenvalue weighted by Crippen LogP contribution is -2.14. The molecular formula is C21H22FN3O3S. The van der Waals surface area contributed by atoms with Crippen LogP contribution in [0.1, 0.15) is 23.7 Å². The molecule has 0 radical (unpaired) electrons. The van der Waals surface area contributed by atoms with E-state index in [0.717, 1.165) is 16.2 Å². The molecule has 0 unspecified atom stereocenters. The summed E-state index contributed by atoms with van der Waals surface area (Å²) < 4.78 is 25.7. The number of carbonyl (C=O) groups is 1. The second-order valence-electron chi connectivity index (χ2n) is 6.40. The molecule has 6 nitrogen and oxygen atoms in total. The fraction of sp³-hybridized carbons (Fsp3) is 0.286. The van der Waals surface area contributed by atoms with E-state index in [2.05, 4.69) is 10.3 Å². The number of carbonyl (C=O) groups excluding carboxylic acids is 1. The Morgan fingerprint density at radius 1 is 1.17 bits per heavy atom. The quantitative estimate of drug-likeness (QED) is 0.405. The minimum Gasteiger partial charge on any atom is -0.482 e. The van der Waals surface area contributed by atoms with Crippen LogP contribution in [0.25, 0.3) is 5.69 Å². The number of esters is 1. The highest BCUT2D eigenvalue weighted by Crippen LogP contribution is 2.27. The third kappa shape index (κ3) is 5.57. The molecule has 1 heterocycles. The maximum Gasteiger partial charge on any atom is 0.344 e. The predicted molar refractivity (Wildman–Crippen MR) is 109 cm³/mol. The van der Waals surface area contributed by atoms with Gasteiger partial charge in [-0.1, -0.05) is 11.3 Å². The molecule has 0 bridgehead atoms. The van der Waals surface area contributed by atoms with Gasteiger partial charge < -0.3 is 9.47 Å². The second kappa shape index (κ2) is 9.56.